The maximum absolute atomic E-state index is 13.2. The van der Waals surface area contributed by atoms with E-state index in [1.54, 1.807) is 0 Å². The summed E-state index contributed by atoms with van der Waals surface area (Å²) in [5.41, 5.74) is 3.56. The second kappa shape index (κ2) is 8.65. The fourth-order valence-electron chi connectivity index (χ4n) is 4.85. The van der Waals surface area contributed by atoms with E-state index in [1.165, 1.54) is 0 Å². The standard InChI is InChI=1S/C27H24N4O3/c1-29-16-20(18-10-4-6-12-22(18)29)24-25(27(33)31(34)26(24)32)21-17-30(15-9-3-2-8-14-28)23-13-7-5-11-19(21)23/h4-7,10-13,16-17,34H,2-3,8-9,15H2,1H3. The number of hydroxylamine groups is 2. The lowest BCUT2D eigenvalue weighted by molar-refractivity contribution is -0.168. The summed E-state index contributed by atoms with van der Waals surface area (Å²) >= 11 is 0. The molecule has 0 spiro atoms. The second-order valence-corrected chi connectivity index (χ2v) is 8.57. The number of carbonyl (C=O) groups is 2. The highest BCUT2D eigenvalue weighted by Crippen LogP contribution is 2.41. The zero-order valence-corrected chi connectivity index (χ0v) is 18.9. The van der Waals surface area contributed by atoms with Crippen molar-refractivity contribution in [3.8, 4) is 6.07 Å². The molecule has 170 valence electrons. The molecule has 5 rings (SSSR count). The fraction of sp³-hybridized carbons (Fsp3) is 0.222. The van der Waals surface area contributed by atoms with Crippen LogP contribution in [0.4, 0.5) is 0 Å². The minimum atomic E-state index is -0.718. The average Bonchev–Trinajstić information content (AvgIpc) is 3.45. The number of nitrogens with zero attached hydrogens (tertiary/aromatic N) is 4. The molecular formula is C27H24N4O3. The molecule has 2 amide bonds. The van der Waals surface area contributed by atoms with Gasteiger partial charge in [0.2, 0.25) is 0 Å². The summed E-state index contributed by atoms with van der Waals surface area (Å²) < 4.78 is 4.00. The lowest BCUT2D eigenvalue weighted by Crippen LogP contribution is -2.27. The summed E-state index contributed by atoms with van der Waals surface area (Å²) in [6, 6.07) is 17.6. The van der Waals surface area contributed by atoms with Crippen molar-refractivity contribution in [2.45, 2.75) is 32.2 Å². The lowest BCUT2D eigenvalue weighted by Gasteiger charge is -2.04. The Morgan fingerprint density at radius 1 is 0.824 bits per heavy atom. The molecule has 4 aromatic rings. The molecule has 1 aliphatic rings. The molecule has 3 heterocycles. The summed E-state index contributed by atoms with van der Waals surface area (Å²) in [5, 5.41) is 21.0. The van der Waals surface area contributed by atoms with Crippen LogP contribution in [0.2, 0.25) is 0 Å². The average molecular weight is 453 g/mol. The van der Waals surface area contributed by atoms with Gasteiger partial charge in [0.25, 0.3) is 11.8 Å². The lowest BCUT2D eigenvalue weighted by atomic mass is 9.95. The van der Waals surface area contributed by atoms with Gasteiger partial charge in [-0.3, -0.25) is 14.8 Å². The second-order valence-electron chi connectivity index (χ2n) is 8.57. The third kappa shape index (κ3) is 3.40. The highest BCUT2D eigenvalue weighted by atomic mass is 16.5. The number of unbranched alkanes of at least 4 members (excludes halogenated alkanes) is 3. The molecule has 0 atom stereocenters. The SMILES string of the molecule is Cn1cc(C2=C(c3cn(CCCCCC#N)c4ccccc34)C(=O)N(O)C2=O)c2ccccc21. The molecule has 1 aliphatic heterocycles. The van der Waals surface area contributed by atoms with Crippen LogP contribution in [0.15, 0.2) is 60.9 Å². The summed E-state index contributed by atoms with van der Waals surface area (Å²) in [7, 11) is 1.89. The van der Waals surface area contributed by atoms with E-state index in [0.717, 1.165) is 47.6 Å². The van der Waals surface area contributed by atoms with Crippen LogP contribution in [0.5, 0.6) is 0 Å². The normalized spacial score (nSPS) is 14.1. The van der Waals surface area contributed by atoms with Gasteiger partial charge in [-0.05, 0) is 25.0 Å². The molecule has 2 aromatic heterocycles. The van der Waals surface area contributed by atoms with Crippen molar-refractivity contribution in [2.75, 3.05) is 0 Å². The quantitative estimate of drug-likeness (QED) is 0.246. The van der Waals surface area contributed by atoms with Gasteiger partial charge >= 0.3 is 0 Å². The summed E-state index contributed by atoms with van der Waals surface area (Å²) in [6.07, 6.45) is 6.96. The Morgan fingerprint density at radius 3 is 2.09 bits per heavy atom. The van der Waals surface area contributed by atoms with Crippen LogP contribution in [0.25, 0.3) is 33.0 Å². The van der Waals surface area contributed by atoms with Crippen molar-refractivity contribution in [3.63, 3.8) is 0 Å². The number of hydrogen-bond acceptors (Lipinski definition) is 4. The molecule has 7 nitrogen and oxygen atoms in total. The van der Waals surface area contributed by atoms with Crippen molar-refractivity contribution in [3.05, 3.63) is 72.1 Å². The Bertz CT molecular complexity index is 1520. The third-order valence-electron chi connectivity index (χ3n) is 6.47. The molecule has 0 radical (unpaired) electrons. The number of benzene rings is 2. The monoisotopic (exact) mass is 452 g/mol. The minimum absolute atomic E-state index is 0.209. The smallest absolute Gasteiger partial charge is 0.286 e. The van der Waals surface area contributed by atoms with Gasteiger partial charge < -0.3 is 9.13 Å². The van der Waals surface area contributed by atoms with E-state index in [2.05, 4.69) is 10.6 Å². The number of rotatable bonds is 7. The molecule has 0 saturated heterocycles. The number of fused-ring (bicyclic) bond motifs is 2. The topological polar surface area (TPSA) is 91.3 Å². The number of amides is 2. The zero-order chi connectivity index (χ0) is 23.8. The molecular weight excluding hydrogens is 428 g/mol. The van der Waals surface area contributed by atoms with Crippen molar-refractivity contribution < 1.29 is 14.8 Å². The molecule has 0 unspecified atom stereocenters. The predicted octanol–water partition coefficient (Wildman–Crippen LogP) is 4.89. The van der Waals surface area contributed by atoms with Crippen LogP contribution >= 0.6 is 0 Å². The Balaban J connectivity index is 1.68. The molecule has 0 saturated carbocycles. The molecule has 34 heavy (non-hydrogen) atoms. The van der Waals surface area contributed by atoms with Gasteiger partial charge in [-0.2, -0.15) is 5.26 Å². The maximum Gasteiger partial charge on any atom is 0.286 e. The Labute approximate surface area is 196 Å². The van der Waals surface area contributed by atoms with Crippen LogP contribution in [0.3, 0.4) is 0 Å². The molecule has 0 aliphatic carbocycles. The number of nitriles is 1. The van der Waals surface area contributed by atoms with Gasteiger partial charge in [0.05, 0.1) is 17.2 Å². The number of para-hydroxylation sites is 2. The molecule has 2 aromatic carbocycles. The van der Waals surface area contributed by atoms with Crippen molar-refractivity contribution in [1.82, 2.24) is 14.2 Å². The molecule has 7 heteroatoms. The van der Waals surface area contributed by atoms with Crippen LogP contribution in [0.1, 0.15) is 36.8 Å². The summed E-state index contributed by atoms with van der Waals surface area (Å²) in [4.78, 5) is 26.3. The first kappa shape index (κ1) is 21.7. The van der Waals surface area contributed by atoms with Crippen LogP contribution in [-0.2, 0) is 23.2 Å². The van der Waals surface area contributed by atoms with Crippen LogP contribution in [0, 0.1) is 11.3 Å². The van der Waals surface area contributed by atoms with E-state index in [9.17, 15) is 14.8 Å². The summed E-state index contributed by atoms with van der Waals surface area (Å²) in [5.74, 6) is -1.44. The summed E-state index contributed by atoms with van der Waals surface area (Å²) in [6.45, 7) is 0.730. The van der Waals surface area contributed by atoms with E-state index in [4.69, 9.17) is 5.26 Å². The first-order chi connectivity index (χ1) is 16.5. The number of aromatic nitrogens is 2. The van der Waals surface area contributed by atoms with Gasteiger partial charge in [0.15, 0.2) is 0 Å². The highest BCUT2D eigenvalue weighted by molar-refractivity contribution is 6.50. The van der Waals surface area contributed by atoms with Crippen molar-refractivity contribution >= 4 is 44.8 Å². The first-order valence-electron chi connectivity index (χ1n) is 11.3. The zero-order valence-electron chi connectivity index (χ0n) is 18.9. The van der Waals surface area contributed by atoms with E-state index < -0.39 is 11.8 Å². The highest BCUT2D eigenvalue weighted by Gasteiger charge is 2.41. The minimum Gasteiger partial charge on any atom is -0.350 e. The van der Waals surface area contributed by atoms with Gasteiger partial charge in [-0.25, -0.2) is 0 Å². The molecule has 0 bridgehead atoms. The van der Waals surface area contributed by atoms with E-state index in [1.807, 2.05) is 72.5 Å². The van der Waals surface area contributed by atoms with Gasteiger partial charge in [-0.1, -0.05) is 42.8 Å². The largest absolute Gasteiger partial charge is 0.350 e. The first-order valence-corrected chi connectivity index (χ1v) is 11.3. The Hall–Kier alpha value is -4.15. The number of carbonyl (C=O) groups excluding carboxylic acids is 2. The van der Waals surface area contributed by atoms with Crippen LogP contribution < -0.4 is 0 Å². The fourth-order valence-corrected chi connectivity index (χ4v) is 4.85. The van der Waals surface area contributed by atoms with E-state index >= 15 is 0 Å². The molecule has 1 N–H and O–H groups in total. The van der Waals surface area contributed by atoms with E-state index in [0.29, 0.717) is 17.5 Å². The van der Waals surface area contributed by atoms with Gasteiger partial charge in [0, 0.05) is 65.3 Å². The predicted molar refractivity (Wildman–Crippen MR) is 129 cm³/mol. The third-order valence-corrected chi connectivity index (χ3v) is 6.47. The maximum atomic E-state index is 13.2. The Morgan fingerprint density at radius 2 is 1.41 bits per heavy atom. The van der Waals surface area contributed by atoms with Gasteiger partial charge in [-0.15, -0.1) is 5.06 Å². The molecule has 0 fully saturated rings. The van der Waals surface area contributed by atoms with Crippen molar-refractivity contribution in [2.24, 2.45) is 7.05 Å². The number of imide groups is 1. The Kier molecular flexibility index (Phi) is 5.52. The number of aryl methyl sites for hydroxylation is 2. The van der Waals surface area contributed by atoms with Gasteiger partial charge in [0.1, 0.15) is 0 Å². The van der Waals surface area contributed by atoms with Crippen molar-refractivity contribution in [1.29, 1.82) is 5.26 Å². The van der Waals surface area contributed by atoms with Crippen LogP contribution in [-0.4, -0.2) is 31.2 Å². The van der Waals surface area contributed by atoms with E-state index in [-0.39, 0.29) is 16.2 Å². The number of hydrogen-bond donors (Lipinski definition) is 1.